The lowest BCUT2D eigenvalue weighted by Gasteiger charge is -2.04. The third kappa shape index (κ3) is 3.55. The molecule has 0 amide bonds. The second-order valence-corrected chi connectivity index (χ2v) is 5.30. The lowest BCUT2D eigenvalue weighted by atomic mass is 10.2. The van der Waals surface area contributed by atoms with Crippen molar-refractivity contribution in [1.29, 1.82) is 0 Å². The van der Waals surface area contributed by atoms with Crippen LogP contribution in [0.5, 0.6) is 17.2 Å². The van der Waals surface area contributed by atoms with Crippen molar-refractivity contribution in [1.82, 2.24) is 9.78 Å². The van der Waals surface area contributed by atoms with Crippen molar-refractivity contribution >= 4 is 23.6 Å². The molecule has 1 aliphatic rings. The Bertz CT molecular complexity index is 861. The normalized spacial score (nSPS) is 13.5. The van der Waals surface area contributed by atoms with Crippen molar-refractivity contribution < 1.29 is 32.2 Å². The first-order chi connectivity index (χ1) is 11.8. The summed E-state index contributed by atoms with van der Waals surface area (Å²) in [5.41, 5.74) is -1.61. The lowest BCUT2D eigenvalue weighted by molar-refractivity contribution is -0.141. The molecule has 1 aliphatic heterocycles. The largest absolute Gasteiger partial charge is 0.454 e. The molecule has 0 bridgehead atoms. The third-order valence-electron chi connectivity index (χ3n) is 3.23. The summed E-state index contributed by atoms with van der Waals surface area (Å²) in [6, 6.07) is 4.46. The molecule has 0 saturated heterocycles. The fourth-order valence-corrected chi connectivity index (χ4v) is 2.31. The Morgan fingerprint density at radius 2 is 2.08 bits per heavy atom. The minimum atomic E-state index is -4.70. The first-order valence-corrected chi connectivity index (χ1v) is 7.23. The summed E-state index contributed by atoms with van der Waals surface area (Å²) in [6.07, 6.45) is -2.96. The fourth-order valence-electron chi connectivity index (χ4n) is 2.12. The fraction of sp³-hybridized carbons (Fsp3) is 0.200. The summed E-state index contributed by atoms with van der Waals surface area (Å²) in [5, 5.41) is 3.06. The van der Waals surface area contributed by atoms with Crippen LogP contribution in [-0.4, -0.2) is 22.5 Å². The summed E-state index contributed by atoms with van der Waals surface area (Å²) in [6.45, 7) is 0.0619. The molecule has 1 aromatic heterocycles. The second-order valence-electron chi connectivity index (χ2n) is 4.94. The number of hydrogen-bond acceptors (Lipinski definition) is 5. The van der Waals surface area contributed by atoms with E-state index in [-0.39, 0.29) is 17.7 Å². The van der Waals surface area contributed by atoms with E-state index in [2.05, 4.69) is 5.10 Å². The number of carbonyl (C=O) groups excluding carboxylic acids is 1. The van der Waals surface area contributed by atoms with Crippen molar-refractivity contribution in [2.75, 3.05) is 6.79 Å². The summed E-state index contributed by atoms with van der Waals surface area (Å²) in [5.74, 6) is 0.190. The molecule has 0 saturated carbocycles. The number of benzene rings is 1. The second kappa shape index (κ2) is 6.32. The molecule has 0 unspecified atom stereocenters. The zero-order valence-corrected chi connectivity index (χ0v) is 13.4. The van der Waals surface area contributed by atoms with Gasteiger partial charge in [0.05, 0.1) is 0 Å². The topological polar surface area (TPSA) is 62.6 Å². The van der Waals surface area contributed by atoms with Crippen LogP contribution < -0.4 is 14.2 Å². The van der Waals surface area contributed by atoms with Crippen LogP contribution in [0, 0.1) is 0 Å². The minimum absolute atomic E-state index is 0.0619. The van der Waals surface area contributed by atoms with Gasteiger partial charge < -0.3 is 14.2 Å². The Balaban J connectivity index is 1.77. The average Bonchev–Trinajstić information content (AvgIpc) is 3.10. The van der Waals surface area contributed by atoms with Gasteiger partial charge in [0.2, 0.25) is 6.79 Å². The zero-order chi connectivity index (χ0) is 18.2. The predicted octanol–water partition coefficient (Wildman–Crippen LogP) is 3.44. The highest BCUT2D eigenvalue weighted by molar-refractivity contribution is 6.31. The zero-order valence-electron chi connectivity index (χ0n) is 12.6. The summed E-state index contributed by atoms with van der Waals surface area (Å²) in [7, 11) is 1.26. The molecule has 3 rings (SSSR count). The van der Waals surface area contributed by atoms with E-state index in [0.29, 0.717) is 11.5 Å². The van der Waals surface area contributed by atoms with Gasteiger partial charge in [0.1, 0.15) is 10.9 Å². The van der Waals surface area contributed by atoms with Gasteiger partial charge in [-0.25, -0.2) is 4.79 Å². The van der Waals surface area contributed by atoms with Crippen LogP contribution in [0.3, 0.4) is 0 Å². The molecule has 0 spiro atoms. The maximum absolute atomic E-state index is 12.9. The number of esters is 1. The predicted molar refractivity (Wildman–Crippen MR) is 80.5 cm³/mol. The molecule has 1 aromatic carbocycles. The van der Waals surface area contributed by atoms with Crippen LogP contribution >= 0.6 is 11.6 Å². The quantitative estimate of drug-likeness (QED) is 0.468. The van der Waals surface area contributed by atoms with E-state index >= 15 is 0 Å². The molecule has 0 N–H and O–H groups in total. The SMILES string of the molecule is Cn1nc(C(F)(F)F)c(/C=C/C(=O)Oc2ccc3c(c2)OCO3)c1Cl. The number of aryl methyl sites for hydroxylation is 1. The van der Waals surface area contributed by atoms with E-state index in [1.165, 1.54) is 19.2 Å². The highest BCUT2D eigenvalue weighted by atomic mass is 35.5. The number of hydrogen-bond donors (Lipinski definition) is 0. The molecule has 10 heteroatoms. The molecule has 132 valence electrons. The van der Waals surface area contributed by atoms with Crippen LogP contribution in [-0.2, 0) is 18.0 Å². The Morgan fingerprint density at radius 1 is 1.36 bits per heavy atom. The standard InChI is InChI=1S/C15H10ClF3N2O4/c1-21-14(16)9(13(20-21)15(17,18)19)3-5-12(22)25-8-2-4-10-11(6-8)24-7-23-10/h2-6H,7H2,1H3/b5-3+. The van der Waals surface area contributed by atoms with Crippen LogP contribution in [0.2, 0.25) is 5.15 Å². The highest BCUT2D eigenvalue weighted by Crippen LogP contribution is 2.36. The van der Waals surface area contributed by atoms with Crippen LogP contribution in [0.1, 0.15) is 11.3 Å². The Labute approximate surface area is 144 Å². The van der Waals surface area contributed by atoms with Crippen molar-refractivity contribution in [3.8, 4) is 17.2 Å². The van der Waals surface area contributed by atoms with E-state index < -0.39 is 23.4 Å². The molecular weight excluding hydrogens is 365 g/mol. The van der Waals surface area contributed by atoms with Gasteiger partial charge in [0.25, 0.3) is 0 Å². The van der Waals surface area contributed by atoms with E-state index in [0.717, 1.165) is 16.8 Å². The van der Waals surface area contributed by atoms with Crippen molar-refractivity contribution in [2.45, 2.75) is 6.18 Å². The smallest absolute Gasteiger partial charge is 0.435 e. The van der Waals surface area contributed by atoms with E-state index in [9.17, 15) is 18.0 Å². The van der Waals surface area contributed by atoms with Gasteiger partial charge in [-0.2, -0.15) is 18.3 Å². The van der Waals surface area contributed by atoms with Gasteiger partial charge in [-0.05, 0) is 18.2 Å². The Morgan fingerprint density at radius 3 is 2.80 bits per heavy atom. The Kier molecular flexibility index (Phi) is 4.34. The molecular formula is C15H10ClF3N2O4. The highest BCUT2D eigenvalue weighted by Gasteiger charge is 2.38. The van der Waals surface area contributed by atoms with E-state index in [1.807, 2.05) is 0 Å². The van der Waals surface area contributed by atoms with Gasteiger partial charge in [-0.1, -0.05) is 11.6 Å². The van der Waals surface area contributed by atoms with Gasteiger partial charge in [0.15, 0.2) is 17.2 Å². The number of aromatic nitrogens is 2. The van der Waals surface area contributed by atoms with E-state index in [1.54, 1.807) is 6.07 Å². The summed E-state index contributed by atoms with van der Waals surface area (Å²) in [4.78, 5) is 11.8. The molecule has 0 radical (unpaired) electrons. The van der Waals surface area contributed by atoms with Gasteiger partial charge in [-0.15, -0.1) is 0 Å². The average molecular weight is 375 g/mol. The summed E-state index contributed by atoms with van der Waals surface area (Å²) >= 11 is 5.79. The molecule has 2 aromatic rings. The van der Waals surface area contributed by atoms with Crippen LogP contribution in [0.25, 0.3) is 6.08 Å². The van der Waals surface area contributed by atoms with Crippen LogP contribution in [0.15, 0.2) is 24.3 Å². The number of ether oxygens (including phenoxy) is 3. The van der Waals surface area contributed by atoms with Crippen molar-refractivity contribution in [3.05, 3.63) is 40.7 Å². The number of fused-ring (bicyclic) bond motifs is 1. The summed E-state index contributed by atoms with van der Waals surface area (Å²) < 4.78 is 54.9. The third-order valence-corrected chi connectivity index (χ3v) is 3.68. The molecule has 0 atom stereocenters. The first kappa shape index (κ1) is 17.2. The van der Waals surface area contributed by atoms with Crippen molar-refractivity contribution in [2.24, 2.45) is 7.05 Å². The maximum Gasteiger partial charge on any atom is 0.435 e. The molecule has 0 aliphatic carbocycles. The molecule has 0 fully saturated rings. The van der Waals surface area contributed by atoms with Gasteiger partial charge in [-0.3, -0.25) is 4.68 Å². The first-order valence-electron chi connectivity index (χ1n) is 6.85. The van der Waals surface area contributed by atoms with Crippen LogP contribution in [0.4, 0.5) is 13.2 Å². The van der Waals surface area contributed by atoms with Gasteiger partial charge >= 0.3 is 12.1 Å². The minimum Gasteiger partial charge on any atom is -0.454 e. The lowest BCUT2D eigenvalue weighted by Crippen LogP contribution is -2.08. The number of carbonyl (C=O) groups is 1. The number of alkyl halides is 3. The molecule has 2 heterocycles. The number of rotatable bonds is 3. The number of nitrogens with zero attached hydrogens (tertiary/aromatic N) is 2. The monoisotopic (exact) mass is 374 g/mol. The van der Waals surface area contributed by atoms with Crippen molar-refractivity contribution in [3.63, 3.8) is 0 Å². The Hall–Kier alpha value is -2.68. The van der Waals surface area contributed by atoms with E-state index in [4.69, 9.17) is 25.8 Å². The van der Waals surface area contributed by atoms with Gasteiger partial charge in [0, 0.05) is 24.8 Å². The number of halogens is 4. The molecule has 25 heavy (non-hydrogen) atoms. The maximum atomic E-state index is 12.9. The molecule has 6 nitrogen and oxygen atoms in total.